The third kappa shape index (κ3) is 4.82. The van der Waals surface area contributed by atoms with Crippen LogP contribution in [0.3, 0.4) is 0 Å². The van der Waals surface area contributed by atoms with Crippen molar-refractivity contribution in [2.24, 2.45) is 0 Å². The Balaban J connectivity index is 1.72. The minimum Gasteiger partial charge on any atom is -0.399 e. The van der Waals surface area contributed by atoms with Crippen LogP contribution in [0.5, 0.6) is 0 Å². The van der Waals surface area contributed by atoms with Crippen LogP contribution >= 0.6 is 0 Å². The zero-order valence-electron chi connectivity index (χ0n) is 12.2. The maximum atomic E-state index is 5.71. The Morgan fingerprint density at radius 1 is 1.00 bits per heavy atom. The van der Waals surface area contributed by atoms with Gasteiger partial charge in [-0.05, 0) is 31.8 Å². The molecule has 0 amide bonds. The van der Waals surface area contributed by atoms with Crippen LogP contribution in [0.25, 0.3) is 0 Å². The number of nitrogen functional groups attached to an aromatic ring is 1. The van der Waals surface area contributed by atoms with Crippen LogP contribution in [0.4, 0.5) is 5.69 Å². The lowest BCUT2D eigenvalue weighted by molar-refractivity contribution is 0.120. The van der Waals surface area contributed by atoms with Crippen molar-refractivity contribution in [3.05, 3.63) is 29.8 Å². The number of anilines is 1. The van der Waals surface area contributed by atoms with Crippen molar-refractivity contribution < 1.29 is 0 Å². The Labute approximate surface area is 116 Å². The first kappa shape index (κ1) is 14.3. The number of nitrogens with zero attached hydrogens (tertiary/aromatic N) is 3. The van der Waals surface area contributed by atoms with E-state index in [0.29, 0.717) is 0 Å². The molecule has 0 unspecified atom stereocenters. The first-order valence-electron chi connectivity index (χ1n) is 7.07. The lowest BCUT2D eigenvalue weighted by Gasteiger charge is -2.35. The molecule has 1 fully saturated rings. The molecule has 0 aliphatic carbocycles. The topological polar surface area (TPSA) is 35.7 Å². The molecule has 1 aromatic rings. The van der Waals surface area contributed by atoms with E-state index in [1.807, 2.05) is 12.1 Å². The molecule has 0 bridgehead atoms. The second kappa shape index (κ2) is 6.89. The van der Waals surface area contributed by atoms with Gasteiger partial charge in [0.25, 0.3) is 0 Å². The number of benzene rings is 1. The highest BCUT2D eigenvalue weighted by molar-refractivity contribution is 5.39. The molecular weight excluding hydrogens is 236 g/mol. The normalized spacial score (nSPS) is 18.1. The van der Waals surface area contributed by atoms with Gasteiger partial charge in [0.15, 0.2) is 0 Å². The maximum Gasteiger partial charge on any atom is 0.0314 e. The van der Waals surface area contributed by atoms with E-state index < -0.39 is 0 Å². The number of likely N-dealkylation sites (N-methyl/N-ethyl adjacent to an activating group) is 1. The molecular formula is C15H26N4. The van der Waals surface area contributed by atoms with Crippen LogP contribution in [0.2, 0.25) is 0 Å². The molecule has 2 N–H and O–H groups in total. The largest absolute Gasteiger partial charge is 0.399 e. The minimum atomic E-state index is 0.845. The van der Waals surface area contributed by atoms with Crippen molar-refractivity contribution in [1.29, 1.82) is 0 Å². The van der Waals surface area contributed by atoms with Crippen molar-refractivity contribution in [2.75, 3.05) is 59.1 Å². The Kier molecular flexibility index (Phi) is 5.19. The van der Waals surface area contributed by atoms with Gasteiger partial charge in [0.1, 0.15) is 0 Å². The molecule has 4 nitrogen and oxygen atoms in total. The first-order valence-corrected chi connectivity index (χ1v) is 7.07. The molecule has 0 spiro atoms. The molecule has 1 aliphatic rings. The van der Waals surface area contributed by atoms with E-state index in [-0.39, 0.29) is 0 Å². The van der Waals surface area contributed by atoms with Gasteiger partial charge >= 0.3 is 0 Å². The third-order valence-corrected chi connectivity index (χ3v) is 3.71. The van der Waals surface area contributed by atoms with E-state index in [2.05, 4.69) is 40.9 Å². The summed E-state index contributed by atoms with van der Waals surface area (Å²) in [6.45, 7) is 8.07. The van der Waals surface area contributed by atoms with Crippen molar-refractivity contribution >= 4 is 5.69 Å². The molecule has 1 heterocycles. The zero-order chi connectivity index (χ0) is 13.7. The van der Waals surface area contributed by atoms with Crippen LogP contribution in [0.15, 0.2) is 24.3 Å². The summed E-state index contributed by atoms with van der Waals surface area (Å²) in [6.07, 6.45) is 0. The second-order valence-electron chi connectivity index (χ2n) is 5.66. The fourth-order valence-electron chi connectivity index (χ4n) is 2.39. The highest BCUT2D eigenvalue weighted by Crippen LogP contribution is 2.10. The lowest BCUT2D eigenvalue weighted by atomic mass is 10.2. The fourth-order valence-corrected chi connectivity index (χ4v) is 2.39. The number of piperazine rings is 1. The molecule has 4 heteroatoms. The zero-order valence-corrected chi connectivity index (χ0v) is 12.2. The molecule has 1 aromatic carbocycles. The van der Waals surface area contributed by atoms with Crippen molar-refractivity contribution in [2.45, 2.75) is 6.54 Å². The number of hydrogen-bond donors (Lipinski definition) is 1. The predicted molar refractivity (Wildman–Crippen MR) is 81.1 cm³/mol. The second-order valence-corrected chi connectivity index (χ2v) is 5.66. The van der Waals surface area contributed by atoms with Crippen molar-refractivity contribution in [3.8, 4) is 0 Å². The molecule has 1 saturated heterocycles. The molecule has 19 heavy (non-hydrogen) atoms. The number of rotatable bonds is 5. The van der Waals surface area contributed by atoms with Crippen LogP contribution in [-0.4, -0.2) is 68.1 Å². The lowest BCUT2D eigenvalue weighted by Crippen LogP contribution is -2.47. The molecule has 1 aliphatic heterocycles. The van der Waals surface area contributed by atoms with Crippen LogP contribution in [0.1, 0.15) is 5.56 Å². The average molecular weight is 262 g/mol. The Hall–Kier alpha value is -1.10. The van der Waals surface area contributed by atoms with Crippen molar-refractivity contribution in [3.63, 3.8) is 0 Å². The maximum absolute atomic E-state index is 5.71. The van der Waals surface area contributed by atoms with E-state index in [4.69, 9.17) is 5.73 Å². The smallest absolute Gasteiger partial charge is 0.0314 e. The molecule has 0 radical (unpaired) electrons. The van der Waals surface area contributed by atoms with Gasteiger partial charge in [-0.2, -0.15) is 0 Å². The van der Waals surface area contributed by atoms with Gasteiger partial charge < -0.3 is 10.6 Å². The van der Waals surface area contributed by atoms with Gasteiger partial charge in [-0.1, -0.05) is 12.1 Å². The highest BCUT2D eigenvalue weighted by atomic mass is 15.3. The summed E-state index contributed by atoms with van der Waals surface area (Å²) < 4.78 is 0. The van der Waals surface area contributed by atoms with Gasteiger partial charge in [-0.3, -0.25) is 9.80 Å². The first-order chi connectivity index (χ1) is 9.13. The molecule has 0 atom stereocenters. The van der Waals surface area contributed by atoms with Crippen LogP contribution < -0.4 is 5.73 Å². The molecule has 2 rings (SSSR count). The summed E-state index contributed by atoms with van der Waals surface area (Å²) in [5.41, 5.74) is 7.91. The van der Waals surface area contributed by atoms with Gasteiger partial charge in [-0.15, -0.1) is 0 Å². The van der Waals surface area contributed by atoms with E-state index in [1.54, 1.807) is 0 Å². The SMILES string of the molecule is CN(C)CCN1CCN(Cc2ccc(N)cc2)CC1. The quantitative estimate of drug-likeness (QED) is 0.802. The van der Waals surface area contributed by atoms with E-state index in [9.17, 15) is 0 Å². The van der Waals surface area contributed by atoms with E-state index in [1.165, 1.54) is 25.2 Å². The monoisotopic (exact) mass is 262 g/mol. The molecule has 0 aromatic heterocycles. The Morgan fingerprint density at radius 3 is 2.16 bits per heavy atom. The standard InChI is InChI=1S/C15H26N4/c1-17(2)7-8-18-9-11-19(12-10-18)13-14-3-5-15(16)6-4-14/h3-6H,7-13,16H2,1-2H3. The van der Waals surface area contributed by atoms with E-state index >= 15 is 0 Å². The van der Waals surface area contributed by atoms with Crippen LogP contribution in [-0.2, 0) is 6.54 Å². The van der Waals surface area contributed by atoms with Gasteiger partial charge in [0, 0.05) is 51.5 Å². The summed E-state index contributed by atoms with van der Waals surface area (Å²) in [6, 6.07) is 8.24. The van der Waals surface area contributed by atoms with Gasteiger partial charge in [0.2, 0.25) is 0 Å². The van der Waals surface area contributed by atoms with Crippen LogP contribution in [0, 0.1) is 0 Å². The Morgan fingerprint density at radius 2 is 1.58 bits per heavy atom. The number of nitrogens with two attached hydrogens (primary N) is 1. The van der Waals surface area contributed by atoms with E-state index in [0.717, 1.165) is 31.9 Å². The molecule has 0 saturated carbocycles. The number of hydrogen-bond acceptors (Lipinski definition) is 4. The summed E-state index contributed by atoms with van der Waals surface area (Å²) >= 11 is 0. The summed E-state index contributed by atoms with van der Waals surface area (Å²) in [7, 11) is 4.27. The Bertz CT molecular complexity index is 366. The molecule has 106 valence electrons. The minimum absolute atomic E-state index is 0.845. The van der Waals surface area contributed by atoms with Crippen molar-refractivity contribution in [1.82, 2.24) is 14.7 Å². The predicted octanol–water partition coefficient (Wildman–Crippen LogP) is 0.948. The third-order valence-electron chi connectivity index (χ3n) is 3.71. The fraction of sp³-hybridized carbons (Fsp3) is 0.600. The average Bonchev–Trinajstić information content (AvgIpc) is 2.40. The highest BCUT2D eigenvalue weighted by Gasteiger charge is 2.16. The summed E-state index contributed by atoms with van der Waals surface area (Å²) in [5.74, 6) is 0. The summed E-state index contributed by atoms with van der Waals surface area (Å²) in [5, 5.41) is 0. The van der Waals surface area contributed by atoms with Gasteiger partial charge in [0.05, 0.1) is 0 Å². The van der Waals surface area contributed by atoms with Gasteiger partial charge in [-0.25, -0.2) is 0 Å². The summed E-state index contributed by atoms with van der Waals surface area (Å²) in [4.78, 5) is 7.33.